The fourth-order valence-electron chi connectivity index (χ4n) is 4.83. The first-order valence-electron chi connectivity index (χ1n) is 16.0. The van der Waals surface area contributed by atoms with Crippen molar-refractivity contribution in [2.45, 2.75) is 117 Å². The van der Waals surface area contributed by atoms with Gasteiger partial charge in [-0.05, 0) is 31.0 Å². The summed E-state index contributed by atoms with van der Waals surface area (Å²) in [6, 6.07) is 13.4. The van der Waals surface area contributed by atoms with E-state index in [2.05, 4.69) is 20.4 Å². The van der Waals surface area contributed by atoms with E-state index in [1.165, 1.54) is 89.9 Å². The summed E-state index contributed by atoms with van der Waals surface area (Å²) in [4.78, 5) is 12.9. The van der Waals surface area contributed by atoms with E-state index < -0.39 is 0 Å². The lowest BCUT2D eigenvalue weighted by molar-refractivity contribution is 0.295. The minimum Gasteiger partial charge on any atom is -0.494 e. The van der Waals surface area contributed by atoms with Crippen LogP contribution in [0.15, 0.2) is 53.8 Å². The topological polar surface area (TPSA) is 35.5 Å². The molecule has 0 aromatic heterocycles. The molecule has 2 aromatic rings. The van der Waals surface area contributed by atoms with Crippen LogP contribution >= 0.6 is 0 Å². The number of unbranched alkanes of at least 4 members (excludes halogenated alkanes) is 14. The molecule has 0 aliphatic rings. The van der Waals surface area contributed by atoms with Gasteiger partial charge in [0.1, 0.15) is 11.5 Å². The van der Waals surface area contributed by atoms with E-state index in [1.807, 2.05) is 48.6 Å². The van der Waals surface area contributed by atoms with Crippen LogP contribution in [-0.4, -0.2) is 13.2 Å². The zero-order valence-electron chi connectivity index (χ0n) is 25.4. The highest BCUT2D eigenvalue weighted by molar-refractivity contribution is 5.74. The maximum absolute atomic E-state index is 12.9. The molecule has 0 atom stereocenters. The summed E-state index contributed by atoms with van der Waals surface area (Å²) in [5, 5.41) is 0. The molecule has 0 bridgehead atoms. The molecule has 3 heteroatoms. The predicted octanol–water partition coefficient (Wildman–Crippen LogP) is 10.9. The number of ether oxygens (including phenoxy) is 2. The van der Waals surface area contributed by atoms with Gasteiger partial charge in [-0.2, -0.15) is 0 Å². The summed E-state index contributed by atoms with van der Waals surface area (Å²) >= 11 is 0. The number of rotatable bonds is 23. The molecule has 0 aliphatic carbocycles. The van der Waals surface area contributed by atoms with Gasteiger partial charge in [0.05, 0.1) is 13.2 Å². The molecular weight excluding hydrogens is 492 g/mol. The lowest BCUT2D eigenvalue weighted by atomic mass is 10.1. The maximum Gasteiger partial charge on any atom is 0.192 e. The van der Waals surface area contributed by atoms with Crippen LogP contribution in [0.25, 0.3) is 18.2 Å². The molecule has 2 aromatic carbocycles. The molecule has 0 saturated heterocycles. The van der Waals surface area contributed by atoms with Crippen LogP contribution in [0.1, 0.15) is 133 Å². The molecule has 0 unspecified atom stereocenters. The van der Waals surface area contributed by atoms with Crippen molar-refractivity contribution in [3.8, 4) is 11.5 Å². The van der Waals surface area contributed by atoms with Gasteiger partial charge in [0.15, 0.2) is 5.43 Å². The normalized spacial score (nSPS) is 11.2. The summed E-state index contributed by atoms with van der Waals surface area (Å²) in [7, 11) is 0. The van der Waals surface area contributed by atoms with Crippen molar-refractivity contribution in [1.29, 1.82) is 0 Å². The van der Waals surface area contributed by atoms with E-state index in [4.69, 9.17) is 9.47 Å². The van der Waals surface area contributed by atoms with E-state index in [-0.39, 0.29) is 5.43 Å². The van der Waals surface area contributed by atoms with E-state index >= 15 is 0 Å². The fraction of sp³-hybridized carbons (Fsp3) is 0.541. The molecule has 0 radical (unpaired) electrons. The Morgan fingerprint density at radius 3 is 1.68 bits per heavy atom. The van der Waals surface area contributed by atoms with E-state index in [0.29, 0.717) is 17.7 Å². The SMILES string of the molecule is C=Cc1ccccc(/C=C/c2cc(OCCCCCCCCCC)ccc2OCCCCCCCCCC)c1=O. The second-order valence-corrected chi connectivity index (χ2v) is 10.8. The molecule has 0 spiro atoms. The molecule has 40 heavy (non-hydrogen) atoms. The summed E-state index contributed by atoms with van der Waals surface area (Å²) < 4.78 is 12.3. The lowest BCUT2D eigenvalue weighted by Gasteiger charge is -2.12. The molecule has 3 nitrogen and oxygen atoms in total. The average Bonchev–Trinajstić information content (AvgIpc) is 3.15. The fourth-order valence-corrected chi connectivity index (χ4v) is 4.83. The third kappa shape index (κ3) is 14.0. The summed E-state index contributed by atoms with van der Waals surface area (Å²) in [5.74, 6) is 1.67. The third-order valence-corrected chi connectivity index (χ3v) is 7.35. The Morgan fingerprint density at radius 2 is 1.10 bits per heavy atom. The van der Waals surface area contributed by atoms with E-state index in [9.17, 15) is 4.79 Å². The van der Waals surface area contributed by atoms with Crippen LogP contribution in [0.2, 0.25) is 0 Å². The largest absolute Gasteiger partial charge is 0.494 e. The highest BCUT2D eigenvalue weighted by atomic mass is 16.5. The van der Waals surface area contributed by atoms with Crippen LogP contribution in [0.5, 0.6) is 11.5 Å². The molecular formula is C37H54O3. The van der Waals surface area contributed by atoms with Crippen LogP contribution in [-0.2, 0) is 0 Å². The van der Waals surface area contributed by atoms with Crippen molar-refractivity contribution in [2.24, 2.45) is 0 Å². The zero-order chi connectivity index (χ0) is 28.7. The first kappa shape index (κ1) is 33.4. The van der Waals surface area contributed by atoms with Gasteiger partial charge in [-0.3, -0.25) is 4.79 Å². The molecule has 0 heterocycles. The second kappa shape index (κ2) is 21.9. The lowest BCUT2D eigenvalue weighted by Crippen LogP contribution is -2.04. The number of benzene rings is 1. The Balaban J connectivity index is 1.97. The van der Waals surface area contributed by atoms with Gasteiger partial charge in [0.2, 0.25) is 0 Å². The molecule has 0 amide bonds. The summed E-state index contributed by atoms with van der Waals surface area (Å²) in [5.41, 5.74) is 2.12. The number of hydrogen-bond donors (Lipinski definition) is 0. The van der Waals surface area contributed by atoms with Gasteiger partial charge in [-0.15, -0.1) is 0 Å². The van der Waals surface area contributed by atoms with Gasteiger partial charge in [-0.1, -0.05) is 153 Å². The Bertz CT molecular complexity index is 1040. The Hall–Kier alpha value is -2.81. The smallest absolute Gasteiger partial charge is 0.192 e. The van der Waals surface area contributed by atoms with E-state index in [1.54, 1.807) is 12.1 Å². The Kier molecular flexibility index (Phi) is 18.3. The second-order valence-electron chi connectivity index (χ2n) is 10.8. The molecule has 0 aliphatic heterocycles. The third-order valence-electron chi connectivity index (χ3n) is 7.35. The molecule has 0 fully saturated rings. The molecule has 0 N–H and O–H groups in total. The molecule has 2 rings (SSSR count). The highest BCUT2D eigenvalue weighted by Crippen LogP contribution is 2.27. The first-order valence-corrected chi connectivity index (χ1v) is 16.0. The van der Waals surface area contributed by atoms with Crippen molar-refractivity contribution in [3.63, 3.8) is 0 Å². The van der Waals surface area contributed by atoms with Crippen LogP contribution in [0, 0.1) is 0 Å². The predicted molar refractivity (Wildman–Crippen MR) is 174 cm³/mol. The monoisotopic (exact) mass is 546 g/mol. The summed E-state index contributed by atoms with van der Waals surface area (Å²) in [6.07, 6.45) is 25.9. The standard InChI is InChI=1S/C37H54O3/c1-4-7-9-11-13-15-17-21-29-39-35-27-28-36(40-30-22-18-16-14-12-10-8-5-2)34(31-35)26-25-33-24-20-19-23-32(6-3)37(33)38/h6,19-20,23-28,31H,3-5,7-18,21-22,29-30H2,1-2H3/b26-25+. The van der Waals surface area contributed by atoms with Crippen molar-refractivity contribution < 1.29 is 9.47 Å². The van der Waals surface area contributed by atoms with Crippen molar-refractivity contribution in [3.05, 3.63) is 76.0 Å². The molecule has 220 valence electrons. The zero-order valence-corrected chi connectivity index (χ0v) is 25.4. The number of hydrogen-bond acceptors (Lipinski definition) is 3. The van der Waals surface area contributed by atoms with Gasteiger partial charge in [-0.25, -0.2) is 0 Å². The molecule has 0 saturated carbocycles. The quantitative estimate of drug-likeness (QED) is 0.130. The van der Waals surface area contributed by atoms with E-state index in [0.717, 1.165) is 36.5 Å². The first-order chi connectivity index (χ1) is 19.7. The Morgan fingerprint density at radius 1 is 0.600 bits per heavy atom. The van der Waals surface area contributed by atoms with Gasteiger partial charge in [0.25, 0.3) is 0 Å². The van der Waals surface area contributed by atoms with Gasteiger partial charge in [0, 0.05) is 16.7 Å². The average molecular weight is 547 g/mol. The van der Waals surface area contributed by atoms with Crippen LogP contribution in [0.3, 0.4) is 0 Å². The highest BCUT2D eigenvalue weighted by Gasteiger charge is 2.06. The van der Waals surface area contributed by atoms with Crippen molar-refractivity contribution >= 4 is 18.2 Å². The van der Waals surface area contributed by atoms with Crippen LogP contribution < -0.4 is 14.9 Å². The van der Waals surface area contributed by atoms with Crippen molar-refractivity contribution in [1.82, 2.24) is 0 Å². The maximum atomic E-state index is 12.9. The Labute approximate surface area is 244 Å². The van der Waals surface area contributed by atoms with Gasteiger partial charge >= 0.3 is 0 Å². The summed E-state index contributed by atoms with van der Waals surface area (Å²) in [6.45, 7) is 9.72. The van der Waals surface area contributed by atoms with Crippen LogP contribution in [0.4, 0.5) is 0 Å². The minimum absolute atomic E-state index is 0.0280. The minimum atomic E-state index is -0.0280. The van der Waals surface area contributed by atoms with Crippen molar-refractivity contribution in [2.75, 3.05) is 13.2 Å². The van der Waals surface area contributed by atoms with Gasteiger partial charge < -0.3 is 9.47 Å².